The third kappa shape index (κ3) is 3.45. The molecular formula is C13H11Cl2N3O2S. The first-order valence-electron chi connectivity index (χ1n) is 6.13. The molecule has 5 nitrogen and oxygen atoms in total. The molecule has 3 rings (SSSR count). The average molecular weight is 344 g/mol. The molecule has 1 aromatic heterocycles. The van der Waals surface area contributed by atoms with Crippen LogP contribution in [-0.2, 0) is 6.42 Å². The number of hydrogen-bond acceptors (Lipinski definition) is 6. The highest BCUT2D eigenvalue weighted by molar-refractivity contribution is 7.99. The number of aromatic nitrogens is 2. The molecule has 0 saturated carbocycles. The summed E-state index contributed by atoms with van der Waals surface area (Å²) in [5.74, 6) is 2.52. The van der Waals surface area contributed by atoms with E-state index in [0.717, 1.165) is 23.5 Å². The van der Waals surface area contributed by atoms with E-state index in [9.17, 15) is 0 Å². The van der Waals surface area contributed by atoms with Gasteiger partial charge in [0.15, 0.2) is 16.7 Å². The lowest BCUT2D eigenvalue weighted by Crippen LogP contribution is -1.97. The van der Waals surface area contributed by atoms with E-state index in [-0.39, 0.29) is 6.79 Å². The third-order valence-corrected chi connectivity index (χ3v) is 4.23. The maximum absolute atomic E-state index is 6.22. The summed E-state index contributed by atoms with van der Waals surface area (Å²) in [4.78, 5) is 8.22. The average Bonchev–Trinajstić information content (AvgIpc) is 2.84. The van der Waals surface area contributed by atoms with Crippen LogP contribution in [0.1, 0.15) is 5.56 Å². The highest BCUT2D eigenvalue weighted by Gasteiger charge is 2.16. The second kappa shape index (κ2) is 6.17. The van der Waals surface area contributed by atoms with E-state index >= 15 is 0 Å². The Hall–Kier alpha value is -1.37. The Morgan fingerprint density at radius 3 is 2.67 bits per heavy atom. The minimum absolute atomic E-state index is 0.236. The Labute approximate surface area is 135 Å². The molecule has 2 heterocycles. The zero-order valence-corrected chi connectivity index (χ0v) is 13.1. The van der Waals surface area contributed by atoms with E-state index in [1.807, 2.05) is 6.07 Å². The molecule has 2 N–H and O–H groups in total. The van der Waals surface area contributed by atoms with Crippen LogP contribution in [0, 0.1) is 0 Å². The van der Waals surface area contributed by atoms with Crippen molar-refractivity contribution in [2.75, 3.05) is 18.3 Å². The van der Waals surface area contributed by atoms with Gasteiger partial charge in [0, 0.05) is 22.9 Å². The van der Waals surface area contributed by atoms with Crippen LogP contribution in [0.5, 0.6) is 11.5 Å². The van der Waals surface area contributed by atoms with Crippen LogP contribution in [0.25, 0.3) is 0 Å². The fourth-order valence-corrected chi connectivity index (χ4v) is 3.21. The first-order chi connectivity index (χ1) is 10.1. The fraction of sp³-hybridized carbons (Fsp3) is 0.231. The van der Waals surface area contributed by atoms with Crippen LogP contribution in [0.15, 0.2) is 23.4 Å². The number of nitrogens with zero attached hydrogens (tertiary/aromatic N) is 2. The van der Waals surface area contributed by atoms with Crippen LogP contribution in [0.2, 0.25) is 10.2 Å². The monoisotopic (exact) mass is 343 g/mol. The number of nitrogens with two attached hydrogens (primary N) is 1. The number of halogens is 2. The number of fused-ring (bicyclic) bond motifs is 1. The van der Waals surface area contributed by atoms with Crippen molar-refractivity contribution in [1.82, 2.24) is 9.97 Å². The van der Waals surface area contributed by atoms with Crippen molar-refractivity contribution in [1.29, 1.82) is 0 Å². The van der Waals surface area contributed by atoms with Crippen LogP contribution in [-0.4, -0.2) is 22.5 Å². The van der Waals surface area contributed by atoms with E-state index in [1.165, 1.54) is 17.8 Å². The molecule has 21 heavy (non-hydrogen) atoms. The molecule has 0 amide bonds. The highest BCUT2D eigenvalue weighted by atomic mass is 35.5. The van der Waals surface area contributed by atoms with Gasteiger partial charge in [-0.25, -0.2) is 9.97 Å². The molecule has 0 spiro atoms. The van der Waals surface area contributed by atoms with E-state index < -0.39 is 0 Å². The van der Waals surface area contributed by atoms with Gasteiger partial charge in [0.1, 0.15) is 11.0 Å². The topological polar surface area (TPSA) is 70.3 Å². The van der Waals surface area contributed by atoms with Crippen LogP contribution in [0.4, 0.5) is 5.82 Å². The number of ether oxygens (including phenoxy) is 2. The summed E-state index contributed by atoms with van der Waals surface area (Å²) in [5, 5.41) is 1.55. The van der Waals surface area contributed by atoms with E-state index in [2.05, 4.69) is 9.97 Å². The van der Waals surface area contributed by atoms with Crippen molar-refractivity contribution >= 4 is 40.8 Å². The lowest BCUT2D eigenvalue weighted by molar-refractivity contribution is 0.174. The van der Waals surface area contributed by atoms with Crippen LogP contribution in [0.3, 0.4) is 0 Å². The molecule has 8 heteroatoms. The number of hydrogen-bond donors (Lipinski definition) is 1. The summed E-state index contributed by atoms with van der Waals surface area (Å²) in [6, 6.07) is 5.19. The predicted octanol–water partition coefficient (Wildman–Crippen LogP) is 3.43. The summed E-state index contributed by atoms with van der Waals surface area (Å²) in [5.41, 5.74) is 6.62. The van der Waals surface area contributed by atoms with E-state index in [0.29, 0.717) is 26.9 Å². The number of thioether (sulfide) groups is 1. The molecular weight excluding hydrogens is 333 g/mol. The summed E-state index contributed by atoms with van der Waals surface area (Å²) in [6.45, 7) is 0.236. The molecule has 0 bridgehead atoms. The SMILES string of the molecule is Nc1cc(Cl)nc(SCCc2cc3c(cc2Cl)OCO3)n1. The molecule has 0 unspecified atom stereocenters. The van der Waals surface area contributed by atoms with Crippen molar-refractivity contribution in [2.45, 2.75) is 11.6 Å². The van der Waals surface area contributed by atoms with Gasteiger partial charge in [0.25, 0.3) is 0 Å². The number of benzene rings is 1. The van der Waals surface area contributed by atoms with Gasteiger partial charge in [0.05, 0.1) is 0 Å². The molecule has 0 saturated heterocycles. The van der Waals surface area contributed by atoms with Crippen molar-refractivity contribution in [3.8, 4) is 11.5 Å². The van der Waals surface area contributed by atoms with Gasteiger partial charge in [-0.15, -0.1) is 0 Å². The molecule has 0 fully saturated rings. The predicted molar refractivity (Wildman–Crippen MR) is 83.5 cm³/mol. The van der Waals surface area contributed by atoms with Crippen molar-refractivity contribution < 1.29 is 9.47 Å². The molecule has 1 aliphatic rings. The van der Waals surface area contributed by atoms with Gasteiger partial charge in [-0.1, -0.05) is 35.0 Å². The maximum atomic E-state index is 6.22. The van der Waals surface area contributed by atoms with Crippen molar-refractivity contribution in [3.05, 3.63) is 33.9 Å². The zero-order valence-electron chi connectivity index (χ0n) is 10.8. The van der Waals surface area contributed by atoms with E-state index in [4.69, 9.17) is 38.4 Å². The van der Waals surface area contributed by atoms with Gasteiger partial charge in [-0.3, -0.25) is 0 Å². The van der Waals surface area contributed by atoms with Gasteiger partial charge in [-0.05, 0) is 18.1 Å². The largest absolute Gasteiger partial charge is 0.454 e. The zero-order chi connectivity index (χ0) is 14.8. The summed E-state index contributed by atoms with van der Waals surface area (Å²) in [7, 11) is 0. The number of anilines is 1. The van der Waals surface area contributed by atoms with Gasteiger partial charge >= 0.3 is 0 Å². The minimum atomic E-state index is 0.236. The number of nitrogen functional groups attached to an aromatic ring is 1. The second-order valence-corrected chi connectivity index (χ2v) is 6.15. The Bertz CT molecular complexity index is 664. The summed E-state index contributed by atoms with van der Waals surface area (Å²) in [6.07, 6.45) is 0.746. The quantitative estimate of drug-likeness (QED) is 0.521. The molecule has 110 valence electrons. The Balaban J connectivity index is 1.65. The third-order valence-electron chi connectivity index (χ3n) is 2.84. The number of rotatable bonds is 4. The summed E-state index contributed by atoms with van der Waals surface area (Å²) < 4.78 is 10.6. The summed E-state index contributed by atoms with van der Waals surface area (Å²) >= 11 is 13.5. The molecule has 0 atom stereocenters. The van der Waals surface area contributed by atoms with Crippen LogP contribution < -0.4 is 15.2 Å². The highest BCUT2D eigenvalue weighted by Crippen LogP contribution is 2.37. The van der Waals surface area contributed by atoms with Gasteiger partial charge < -0.3 is 15.2 Å². The lowest BCUT2D eigenvalue weighted by atomic mass is 10.1. The Morgan fingerprint density at radius 2 is 1.90 bits per heavy atom. The smallest absolute Gasteiger partial charge is 0.231 e. The second-order valence-electron chi connectivity index (χ2n) is 4.29. The molecule has 1 aromatic carbocycles. The number of aryl methyl sites for hydroxylation is 1. The Kier molecular flexibility index (Phi) is 4.28. The maximum Gasteiger partial charge on any atom is 0.231 e. The lowest BCUT2D eigenvalue weighted by Gasteiger charge is -2.06. The molecule has 1 aliphatic heterocycles. The first kappa shape index (κ1) is 14.6. The first-order valence-corrected chi connectivity index (χ1v) is 7.87. The van der Waals surface area contributed by atoms with Crippen molar-refractivity contribution in [2.24, 2.45) is 0 Å². The Morgan fingerprint density at radius 1 is 1.14 bits per heavy atom. The molecule has 0 radical (unpaired) electrons. The molecule has 0 aliphatic carbocycles. The molecule has 2 aromatic rings. The van der Waals surface area contributed by atoms with Gasteiger partial charge in [-0.2, -0.15) is 0 Å². The normalized spacial score (nSPS) is 12.7. The minimum Gasteiger partial charge on any atom is -0.454 e. The van der Waals surface area contributed by atoms with E-state index in [1.54, 1.807) is 6.07 Å². The van der Waals surface area contributed by atoms with Gasteiger partial charge in [0.2, 0.25) is 6.79 Å². The van der Waals surface area contributed by atoms with Crippen molar-refractivity contribution in [3.63, 3.8) is 0 Å². The fourth-order valence-electron chi connectivity index (χ4n) is 1.88. The standard InChI is InChI=1S/C13H11Cl2N3O2S/c14-8-4-10-9(19-6-20-10)3-7(8)1-2-21-13-17-11(15)5-12(16)18-13/h3-5H,1-2,6H2,(H2,16,17,18). The van der Waals surface area contributed by atoms with Crippen LogP contribution >= 0.6 is 35.0 Å².